The third-order valence-electron chi connectivity index (χ3n) is 10.8. The molecule has 0 heterocycles. The van der Waals surface area contributed by atoms with E-state index in [4.69, 9.17) is 0 Å². The van der Waals surface area contributed by atoms with Gasteiger partial charge in [0.05, 0.1) is 10.8 Å². The van der Waals surface area contributed by atoms with E-state index < -0.39 is 17.0 Å². The molecule has 36 heavy (non-hydrogen) atoms. The monoisotopic (exact) mass is 504 g/mol. The Kier molecular flexibility index (Phi) is 13.3. The van der Waals surface area contributed by atoms with Crippen molar-refractivity contribution in [3.05, 3.63) is 0 Å². The van der Waals surface area contributed by atoms with Crippen molar-refractivity contribution >= 4 is 5.78 Å². The van der Waals surface area contributed by atoms with Gasteiger partial charge in [-0.15, -0.1) is 0 Å². The summed E-state index contributed by atoms with van der Waals surface area (Å²) in [6, 6.07) is 0. The van der Waals surface area contributed by atoms with Gasteiger partial charge in [0, 0.05) is 0 Å². The minimum atomic E-state index is -0.842. The molecule has 210 valence electrons. The summed E-state index contributed by atoms with van der Waals surface area (Å²) in [4.78, 5) is 13.5. The fourth-order valence-corrected chi connectivity index (χ4v) is 8.23. The highest BCUT2D eigenvalue weighted by Crippen LogP contribution is 2.65. The molecule has 0 bridgehead atoms. The van der Waals surface area contributed by atoms with Gasteiger partial charge in [-0.05, 0) is 63.2 Å². The van der Waals surface area contributed by atoms with Crippen molar-refractivity contribution < 1.29 is 9.18 Å². The second-order valence-electron chi connectivity index (χ2n) is 13.4. The largest absolute Gasteiger partial charge is 0.298 e. The molecule has 3 aliphatic carbocycles. The molecule has 0 aromatic rings. The van der Waals surface area contributed by atoms with Crippen LogP contribution in [0.4, 0.5) is 4.39 Å². The molecule has 0 atom stereocenters. The van der Waals surface area contributed by atoms with Gasteiger partial charge in [0.25, 0.3) is 0 Å². The maximum atomic E-state index is 15.8. The average Bonchev–Trinajstić information content (AvgIpc) is 2.92. The summed E-state index contributed by atoms with van der Waals surface area (Å²) in [6.45, 7) is 4.56. The normalized spacial score (nSPS) is 32.3. The van der Waals surface area contributed by atoms with Gasteiger partial charge in [-0.2, -0.15) is 0 Å². The van der Waals surface area contributed by atoms with E-state index in [1.807, 2.05) is 0 Å². The molecule has 0 radical (unpaired) electrons. The van der Waals surface area contributed by atoms with Crippen LogP contribution in [0.15, 0.2) is 0 Å². The zero-order chi connectivity index (χ0) is 25.7. The van der Waals surface area contributed by atoms with Gasteiger partial charge in [0.15, 0.2) is 5.78 Å². The number of halogens is 1. The van der Waals surface area contributed by atoms with Gasteiger partial charge in [0.2, 0.25) is 0 Å². The van der Waals surface area contributed by atoms with Crippen LogP contribution < -0.4 is 0 Å². The van der Waals surface area contributed by atoms with Crippen LogP contribution in [0, 0.1) is 22.7 Å². The number of carbonyl (C=O) groups excluding carboxylic acids is 1. The number of unbranched alkanes of at least 4 members (excludes halogenated alkanes) is 14. The summed E-state index contributed by atoms with van der Waals surface area (Å²) < 4.78 is 15.8. The van der Waals surface area contributed by atoms with Gasteiger partial charge in [-0.25, -0.2) is 4.39 Å². The van der Waals surface area contributed by atoms with E-state index in [1.165, 1.54) is 116 Å². The number of hydrogen-bond acceptors (Lipinski definition) is 1. The quantitative estimate of drug-likeness (QED) is 0.170. The molecular weight excluding hydrogens is 443 g/mol. The third kappa shape index (κ3) is 7.81. The predicted octanol–water partition coefficient (Wildman–Crippen LogP) is 11.3. The molecule has 0 aromatic heterocycles. The number of rotatable bonds is 18. The topological polar surface area (TPSA) is 17.1 Å². The summed E-state index contributed by atoms with van der Waals surface area (Å²) in [5, 5.41) is 0. The molecule has 0 N–H and O–H groups in total. The highest BCUT2D eigenvalue weighted by Gasteiger charge is 2.71. The summed E-state index contributed by atoms with van der Waals surface area (Å²) in [5.41, 5.74) is -1.14. The second kappa shape index (κ2) is 15.9. The van der Waals surface area contributed by atoms with Crippen LogP contribution in [0.25, 0.3) is 0 Å². The maximum Gasteiger partial charge on any atom is 0.151 e. The molecule has 0 aromatic carbocycles. The first-order valence-electron chi connectivity index (χ1n) is 16.8. The van der Waals surface area contributed by atoms with Crippen LogP contribution in [0.5, 0.6) is 0 Å². The van der Waals surface area contributed by atoms with E-state index in [0.29, 0.717) is 5.78 Å². The SMILES string of the molecule is CCCCCCCCCCC1CCC2(CC1)C(=O)C1(CCC(CCCCCCCCCC)CC1)C2F. The molecule has 3 saturated carbocycles. The van der Waals surface area contributed by atoms with Crippen molar-refractivity contribution in [2.24, 2.45) is 22.7 Å². The Morgan fingerprint density at radius 3 is 1.17 bits per heavy atom. The molecule has 3 aliphatic rings. The molecule has 0 saturated heterocycles. The molecule has 0 unspecified atom stereocenters. The predicted molar refractivity (Wildman–Crippen MR) is 153 cm³/mol. The molecule has 3 fully saturated rings. The van der Waals surface area contributed by atoms with Gasteiger partial charge in [-0.3, -0.25) is 4.79 Å². The highest BCUT2D eigenvalue weighted by atomic mass is 19.1. The molecule has 1 nitrogen and oxygen atoms in total. The third-order valence-corrected chi connectivity index (χ3v) is 10.8. The van der Waals surface area contributed by atoms with Crippen molar-refractivity contribution in [3.63, 3.8) is 0 Å². The Morgan fingerprint density at radius 2 is 0.861 bits per heavy atom. The lowest BCUT2D eigenvalue weighted by Crippen LogP contribution is -2.69. The number of carbonyl (C=O) groups is 1. The van der Waals surface area contributed by atoms with Crippen molar-refractivity contribution in [1.29, 1.82) is 0 Å². The fraction of sp³-hybridized carbons (Fsp3) is 0.971. The van der Waals surface area contributed by atoms with E-state index in [1.54, 1.807) is 0 Å². The van der Waals surface area contributed by atoms with Crippen LogP contribution in [-0.2, 0) is 4.79 Å². The smallest absolute Gasteiger partial charge is 0.151 e. The first kappa shape index (κ1) is 30.1. The number of Topliss-reactive ketones (excluding diaryl/α,β-unsaturated/α-hetero) is 1. The first-order valence-corrected chi connectivity index (χ1v) is 16.8. The summed E-state index contributed by atoms with van der Waals surface area (Å²) in [5.74, 6) is 1.85. The molecule has 2 spiro atoms. The van der Waals surface area contributed by atoms with Crippen LogP contribution in [0.1, 0.15) is 181 Å². The zero-order valence-corrected chi connectivity index (χ0v) is 24.4. The lowest BCUT2D eigenvalue weighted by atomic mass is 9.41. The summed E-state index contributed by atoms with van der Waals surface area (Å²) in [7, 11) is 0. The van der Waals surface area contributed by atoms with Gasteiger partial charge < -0.3 is 0 Å². The number of hydrogen-bond donors (Lipinski definition) is 0. The summed E-state index contributed by atoms with van der Waals surface area (Å²) >= 11 is 0. The minimum Gasteiger partial charge on any atom is -0.298 e. The lowest BCUT2D eigenvalue weighted by Gasteiger charge is -2.61. The van der Waals surface area contributed by atoms with Crippen molar-refractivity contribution in [3.8, 4) is 0 Å². The van der Waals surface area contributed by atoms with Crippen LogP contribution >= 0.6 is 0 Å². The Labute approximate surface area is 224 Å². The Hall–Kier alpha value is -0.400. The van der Waals surface area contributed by atoms with Crippen LogP contribution in [0.2, 0.25) is 0 Å². The van der Waals surface area contributed by atoms with Gasteiger partial charge in [0.1, 0.15) is 6.17 Å². The fourth-order valence-electron chi connectivity index (χ4n) is 8.23. The molecule has 3 rings (SSSR count). The summed E-state index contributed by atoms with van der Waals surface area (Å²) in [6.07, 6.45) is 31.5. The van der Waals surface area contributed by atoms with E-state index >= 15 is 4.39 Å². The highest BCUT2D eigenvalue weighted by molar-refractivity contribution is 5.98. The van der Waals surface area contributed by atoms with E-state index in [0.717, 1.165) is 63.2 Å². The Morgan fingerprint density at radius 1 is 0.556 bits per heavy atom. The lowest BCUT2D eigenvalue weighted by molar-refractivity contribution is -0.193. The van der Waals surface area contributed by atoms with Crippen LogP contribution in [0.3, 0.4) is 0 Å². The Balaban J connectivity index is 1.27. The van der Waals surface area contributed by atoms with Crippen molar-refractivity contribution in [2.75, 3.05) is 0 Å². The van der Waals surface area contributed by atoms with E-state index in [9.17, 15) is 4.79 Å². The number of alkyl halides is 1. The zero-order valence-electron chi connectivity index (χ0n) is 24.4. The van der Waals surface area contributed by atoms with Crippen molar-refractivity contribution in [1.82, 2.24) is 0 Å². The molecular formula is C34H61FO. The number of ketones is 1. The Bertz CT molecular complexity index is 546. The van der Waals surface area contributed by atoms with E-state index in [2.05, 4.69) is 13.8 Å². The average molecular weight is 505 g/mol. The van der Waals surface area contributed by atoms with E-state index in [-0.39, 0.29) is 0 Å². The molecule has 2 heteroatoms. The first-order chi connectivity index (χ1) is 17.6. The van der Waals surface area contributed by atoms with Gasteiger partial charge in [-0.1, -0.05) is 129 Å². The maximum absolute atomic E-state index is 15.8. The minimum absolute atomic E-state index is 0.360. The van der Waals surface area contributed by atoms with Gasteiger partial charge >= 0.3 is 0 Å². The molecule has 0 amide bonds. The second-order valence-corrected chi connectivity index (χ2v) is 13.4. The van der Waals surface area contributed by atoms with Crippen LogP contribution in [-0.4, -0.2) is 12.0 Å². The molecule has 0 aliphatic heterocycles. The standard InChI is InChI=1S/C34H61FO/c1-3-5-7-9-11-13-15-17-19-29-21-25-33(26-22-29)31(35)34(32(33)36)27-23-30(24-28-34)20-18-16-14-12-10-8-6-4-2/h29-31H,3-28H2,1-2H3. The van der Waals surface area contributed by atoms with Crippen molar-refractivity contribution in [2.45, 2.75) is 187 Å².